The molecule has 9 heteroatoms. The Hall–Kier alpha value is -3.75. The Morgan fingerprint density at radius 3 is 2.66 bits per heavy atom. The van der Waals surface area contributed by atoms with Gasteiger partial charge in [-0.25, -0.2) is 9.48 Å². The van der Waals surface area contributed by atoms with Gasteiger partial charge in [0.2, 0.25) is 5.91 Å². The van der Waals surface area contributed by atoms with Crippen LogP contribution in [-0.4, -0.2) is 38.2 Å². The summed E-state index contributed by atoms with van der Waals surface area (Å²) in [6, 6.07) is 15.5. The average molecular weight is 391 g/mol. The molecule has 1 saturated carbocycles. The molecule has 148 valence electrons. The molecule has 1 heterocycles. The SMILES string of the molecule is NC(=O)NC(Cc1ccccc1)C(=O)Nc1cccc(-c2nnnn2C2CC2)c1. The maximum absolute atomic E-state index is 12.8. The second-order valence-corrected chi connectivity index (χ2v) is 7.00. The fourth-order valence-electron chi connectivity index (χ4n) is 3.14. The highest BCUT2D eigenvalue weighted by Gasteiger charge is 2.28. The molecule has 29 heavy (non-hydrogen) atoms. The number of nitrogens with one attached hydrogen (secondary N) is 2. The minimum atomic E-state index is -0.796. The van der Waals surface area contributed by atoms with Crippen molar-refractivity contribution in [3.05, 3.63) is 60.2 Å². The number of amides is 3. The van der Waals surface area contributed by atoms with Crippen molar-refractivity contribution < 1.29 is 9.59 Å². The van der Waals surface area contributed by atoms with Crippen molar-refractivity contribution in [2.24, 2.45) is 5.73 Å². The largest absolute Gasteiger partial charge is 0.352 e. The van der Waals surface area contributed by atoms with Gasteiger partial charge in [-0.2, -0.15) is 0 Å². The monoisotopic (exact) mass is 391 g/mol. The highest BCUT2D eigenvalue weighted by Crippen LogP contribution is 2.36. The zero-order valence-electron chi connectivity index (χ0n) is 15.7. The number of carbonyl (C=O) groups excluding carboxylic acids is 2. The Kier molecular flexibility index (Phi) is 5.19. The van der Waals surface area contributed by atoms with Gasteiger partial charge in [0.05, 0.1) is 6.04 Å². The van der Waals surface area contributed by atoms with Crippen molar-refractivity contribution in [1.82, 2.24) is 25.5 Å². The number of aromatic nitrogens is 4. The van der Waals surface area contributed by atoms with E-state index in [0.717, 1.165) is 24.0 Å². The predicted octanol–water partition coefficient (Wildman–Crippen LogP) is 1.89. The summed E-state index contributed by atoms with van der Waals surface area (Å²) < 4.78 is 1.81. The summed E-state index contributed by atoms with van der Waals surface area (Å²) in [7, 11) is 0. The van der Waals surface area contributed by atoms with E-state index in [1.165, 1.54) is 0 Å². The van der Waals surface area contributed by atoms with E-state index < -0.39 is 12.1 Å². The van der Waals surface area contributed by atoms with Gasteiger partial charge in [0, 0.05) is 17.7 Å². The normalized spacial score (nSPS) is 14.2. The number of nitrogens with two attached hydrogens (primary N) is 1. The van der Waals surface area contributed by atoms with Crippen LogP contribution in [0.4, 0.5) is 10.5 Å². The van der Waals surface area contributed by atoms with E-state index >= 15 is 0 Å². The first-order valence-corrected chi connectivity index (χ1v) is 9.39. The van der Waals surface area contributed by atoms with E-state index in [4.69, 9.17) is 5.73 Å². The molecule has 1 fully saturated rings. The van der Waals surface area contributed by atoms with Gasteiger partial charge >= 0.3 is 6.03 Å². The molecule has 9 nitrogen and oxygen atoms in total. The number of tetrazole rings is 1. The Morgan fingerprint density at radius 1 is 1.14 bits per heavy atom. The molecular weight excluding hydrogens is 370 g/mol. The summed E-state index contributed by atoms with van der Waals surface area (Å²) in [5, 5.41) is 17.3. The molecule has 2 aromatic carbocycles. The molecule has 1 aliphatic carbocycles. The molecule has 3 aromatic rings. The van der Waals surface area contributed by atoms with Crippen LogP contribution in [0.25, 0.3) is 11.4 Å². The molecule has 0 bridgehead atoms. The van der Waals surface area contributed by atoms with Crippen LogP contribution in [-0.2, 0) is 11.2 Å². The summed E-state index contributed by atoms with van der Waals surface area (Å²) in [5.74, 6) is 0.311. The van der Waals surface area contributed by atoms with Crippen molar-refractivity contribution >= 4 is 17.6 Å². The van der Waals surface area contributed by atoms with Crippen LogP contribution in [0.2, 0.25) is 0 Å². The van der Waals surface area contributed by atoms with E-state index in [0.29, 0.717) is 24.0 Å². The molecule has 0 aliphatic heterocycles. The van der Waals surface area contributed by atoms with E-state index in [2.05, 4.69) is 26.2 Å². The number of hydrogen-bond donors (Lipinski definition) is 3. The van der Waals surface area contributed by atoms with E-state index in [9.17, 15) is 9.59 Å². The third kappa shape index (κ3) is 4.57. The zero-order chi connectivity index (χ0) is 20.2. The van der Waals surface area contributed by atoms with Crippen molar-refractivity contribution in [2.75, 3.05) is 5.32 Å². The smallest absolute Gasteiger partial charge is 0.312 e. The highest BCUT2D eigenvalue weighted by atomic mass is 16.2. The first-order chi connectivity index (χ1) is 14.1. The van der Waals surface area contributed by atoms with Gasteiger partial charge in [-0.1, -0.05) is 42.5 Å². The van der Waals surface area contributed by atoms with Crippen molar-refractivity contribution in [3.8, 4) is 11.4 Å². The standard InChI is InChI=1S/C20H21N7O2/c21-20(29)23-17(11-13-5-2-1-3-6-13)19(28)22-15-8-4-7-14(12-15)18-24-25-26-27(18)16-9-10-16/h1-8,12,16-17H,9-11H2,(H,22,28)(H3,21,23,29). The van der Waals surface area contributed by atoms with Gasteiger partial charge in [0.15, 0.2) is 5.82 Å². The lowest BCUT2D eigenvalue weighted by atomic mass is 10.1. The van der Waals surface area contributed by atoms with Crippen LogP contribution in [0.1, 0.15) is 24.4 Å². The van der Waals surface area contributed by atoms with E-state index in [1.54, 1.807) is 6.07 Å². The number of hydrogen-bond acceptors (Lipinski definition) is 5. The maximum atomic E-state index is 12.8. The van der Waals surface area contributed by atoms with Crippen LogP contribution < -0.4 is 16.4 Å². The van der Waals surface area contributed by atoms with Crippen LogP contribution >= 0.6 is 0 Å². The van der Waals surface area contributed by atoms with Gasteiger partial charge < -0.3 is 16.4 Å². The molecule has 1 aliphatic rings. The number of anilines is 1. The Labute approximate surface area is 167 Å². The van der Waals surface area contributed by atoms with Gasteiger partial charge in [-0.15, -0.1) is 5.10 Å². The molecule has 1 aromatic heterocycles. The van der Waals surface area contributed by atoms with Crippen LogP contribution in [0.5, 0.6) is 0 Å². The fraction of sp³-hybridized carbons (Fsp3) is 0.250. The Bertz CT molecular complexity index is 1010. The number of nitrogens with zero attached hydrogens (tertiary/aromatic N) is 4. The average Bonchev–Trinajstić information content (AvgIpc) is 3.44. The van der Waals surface area contributed by atoms with Gasteiger partial charge in [0.25, 0.3) is 0 Å². The molecule has 1 atom stereocenters. The van der Waals surface area contributed by atoms with Crippen molar-refractivity contribution in [2.45, 2.75) is 31.3 Å². The highest BCUT2D eigenvalue weighted by molar-refractivity contribution is 5.97. The Morgan fingerprint density at radius 2 is 1.93 bits per heavy atom. The number of urea groups is 1. The summed E-state index contributed by atoms with van der Waals surface area (Å²) in [5.41, 5.74) is 7.57. The second-order valence-electron chi connectivity index (χ2n) is 7.00. The molecular formula is C20H21N7O2. The molecule has 0 radical (unpaired) electrons. The first kappa shape index (κ1) is 18.6. The lowest BCUT2D eigenvalue weighted by Crippen LogP contribution is -2.47. The van der Waals surface area contributed by atoms with E-state index in [1.807, 2.05) is 53.2 Å². The predicted molar refractivity (Wildman–Crippen MR) is 107 cm³/mol. The Balaban J connectivity index is 1.51. The number of carbonyl (C=O) groups is 2. The zero-order valence-corrected chi connectivity index (χ0v) is 15.7. The summed E-state index contributed by atoms with van der Waals surface area (Å²) >= 11 is 0. The van der Waals surface area contributed by atoms with Gasteiger partial charge in [-0.3, -0.25) is 4.79 Å². The third-order valence-corrected chi connectivity index (χ3v) is 4.69. The van der Waals surface area contributed by atoms with Crippen LogP contribution in [0.15, 0.2) is 54.6 Å². The minimum absolute atomic E-state index is 0.329. The quantitative estimate of drug-likeness (QED) is 0.567. The van der Waals surface area contributed by atoms with E-state index in [-0.39, 0.29) is 5.91 Å². The van der Waals surface area contributed by atoms with Crippen LogP contribution in [0.3, 0.4) is 0 Å². The third-order valence-electron chi connectivity index (χ3n) is 4.69. The molecule has 4 N–H and O–H groups in total. The maximum Gasteiger partial charge on any atom is 0.312 e. The van der Waals surface area contributed by atoms with Gasteiger partial charge in [-0.05, 0) is 41.0 Å². The summed E-state index contributed by atoms with van der Waals surface area (Å²) in [4.78, 5) is 24.2. The summed E-state index contributed by atoms with van der Waals surface area (Å²) in [6.45, 7) is 0. The molecule has 0 saturated heterocycles. The molecule has 3 amide bonds. The topological polar surface area (TPSA) is 128 Å². The number of benzene rings is 2. The lowest BCUT2D eigenvalue weighted by molar-refractivity contribution is -0.117. The molecule has 4 rings (SSSR count). The molecule has 1 unspecified atom stereocenters. The molecule has 0 spiro atoms. The number of rotatable bonds is 7. The summed E-state index contributed by atoms with van der Waals surface area (Å²) in [6.07, 6.45) is 2.46. The van der Waals surface area contributed by atoms with Crippen molar-refractivity contribution in [3.63, 3.8) is 0 Å². The number of primary amides is 1. The fourth-order valence-corrected chi connectivity index (χ4v) is 3.14. The lowest BCUT2D eigenvalue weighted by Gasteiger charge is -2.18. The van der Waals surface area contributed by atoms with Gasteiger partial charge in [0.1, 0.15) is 6.04 Å². The van der Waals surface area contributed by atoms with Crippen LogP contribution in [0, 0.1) is 0 Å². The second kappa shape index (κ2) is 8.09. The first-order valence-electron chi connectivity index (χ1n) is 9.39. The minimum Gasteiger partial charge on any atom is -0.352 e. The van der Waals surface area contributed by atoms with Crippen molar-refractivity contribution in [1.29, 1.82) is 0 Å².